The van der Waals surface area contributed by atoms with E-state index in [1.807, 2.05) is 26.8 Å². The molecule has 0 fully saturated rings. The maximum absolute atomic E-state index is 11.4. The van der Waals surface area contributed by atoms with Crippen molar-refractivity contribution < 1.29 is 312 Å². The van der Waals surface area contributed by atoms with E-state index in [0.717, 1.165) is 47.3 Å². The zero-order valence-electron chi connectivity index (χ0n) is 77.8. The number of aliphatic carboxylic acids is 5. The summed E-state index contributed by atoms with van der Waals surface area (Å²) in [5.41, 5.74) is 5.42. The molecular formula is C83H110N15Na5O33. The van der Waals surface area contributed by atoms with Crippen LogP contribution in [0.5, 0.6) is 5.75 Å². The number of hydrogen-bond donors (Lipinski definition) is 16. The molecule has 2 aromatic carbocycles. The first-order chi connectivity index (χ1) is 62.2. The van der Waals surface area contributed by atoms with E-state index in [2.05, 4.69) is 51.6 Å². The molecule has 0 saturated carbocycles. The van der Waals surface area contributed by atoms with E-state index in [9.17, 15) is 101 Å². The zero-order chi connectivity index (χ0) is 96.7. The van der Waals surface area contributed by atoms with Crippen molar-refractivity contribution in [1.82, 2.24) is 75.0 Å². The molecule has 5 aromatic heterocycles. The van der Waals surface area contributed by atoms with Crippen molar-refractivity contribution >= 4 is 29.8 Å². The average Bonchev–Trinajstić information content (AvgIpc) is 1.63. The van der Waals surface area contributed by atoms with E-state index < -0.39 is 243 Å². The molecule has 12 rings (SSSR count). The van der Waals surface area contributed by atoms with Crippen LogP contribution in [-0.4, -0.2) is 325 Å². The first-order valence-electron chi connectivity index (χ1n) is 41.5. The van der Waals surface area contributed by atoms with Gasteiger partial charge in [0.15, 0.2) is 0 Å². The number of methoxy groups -OCH3 is 2. The third kappa shape index (κ3) is 32.4. The molecule has 0 unspecified atom stereocenters. The van der Waals surface area contributed by atoms with Crippen molar-refractivity contribution in [3.63, 3.8) is 0 Å². The summed E-state index contributed by atoms with van der Waals surface area (Å²) in [6.45, 7) is 11.4. The Labute approximate surface area is 890 Å². The van der Waals surface area contributed by atoms with Crippen molar-refractivity contribution in [2.75, 3.05) is 47.3 Å². The molecule has 48 nitrogen and oxygen atoms in total. The van der Waals surface area contributed by atoms with Crippen molar-refractivity contribution in [3.05, 3.63) is 161 Å². The van der Waals surface area contributed by atoms with Crippen LogP contribution in [0.3, 0.4) is 0 Å². The number of carboxylic acid groups (broad SMARTS) is 5. The van der Waals surface area contributed by atoms with Gasteiger partial charge < -0.3 is 164 Å². The summed E-state index contributed by atoms with van der Waals surface area (Å²) in [6.07, 6.45) is -2.96. The zero-order valence-corrected chi connectivity index (χ0v) is 87.8. The van der Waals surface area contributed by atoms with E-state index >= 15 is 0 Å². The van der Waals surface area contributed by atoms with E-state index in [4.69, 9.17) is 63.8 Å². The number of carboxylic acids is 5. The van der Waals surface area contributed by atoms with Crippen LogP contribution >= 0.6 is 0 Å². The van der Waals surface area contributed by atoms with Gasteiger partial charge in [0.25, 0.3) is 0 Å². The van der Waals surface area contributed by atoms with Gasteiger partial charge in [-0.05, 0) is 66.8 Å². The normalized spacial score (nSPS) is 24.2. The van der Waals surface area contributed by atoms with Gasteiger partial charge in [-0.2, -0.15) is 0 Å². The van der Waals surface area contributed by atoms with Gasteiger partial charge in [-0.15, -0.1) is 25.5 Å². The van der Waals surface area contributed by atoms with Crippen molar-refractivity contribution in [1.29, 1.82) is 0 Å². The molecule has 53 heteroatoms. The Morgan fingerprint density at radius 2 is 0.669 bits per heavy atom. The molecule has 136 heavy (non-hydrogen) atoms. The minimum absolute atomic E-state index is 0. The van der Waals surface area contributed by atoms with E-state index in [1.54, 1.807) is 115 Å². The van der Waals surface area contributed by atoms with Crippen LogP contribution in [0, 0.1) is 35.5 Å². The minimum atomic E-state index is -1.57. The quantitative estimate of drug-likeness (QED) is 0.0164. The fourth-order valence-electron chi connectivity index (χ4n) is 14.8. The number of carbonyl (C=O) groups is 5. The molecular weight excluding hydrogens is 1850 g/mol. The number of allylic oxidation sites excluding steroid dienone is 5. The summed E-state index contributed by atoms with van der Waals surface area (Å²) < 4.78 is 43.9. The summed E-state index contributed by atoms with van der Waals surface area (Å²) in [7, 11) is 3.06. The molecule has 16 N–H and O–H groups in total. The van der Waals surface area contributed by atoms with Crippen LogP contribution in [0.2, 0.25) is 0 Å². The van der Waals surface area contributed by atoms with Crippen LogP contribution in [0.15, 0.2) is 139 Å². The smallest absolute Gasteiger partial charge is 0.542 e. The van der Waals surface area contributed by atoms with Crippen LogP contribution in [-0.2, 0) is 78.4 Å². The molecule has 0 aliphatic carbocycles. The van der Waals surface area contributed by atoms with Gasteiger partial charge in [0.2, 0.25) is 0 Å². The molecule has 720 valence electrons. The summed E-state index contributed by atoms with van der Waals surface area (Å²) in [5, 5.41) is 251. The molecule has 0 spiro atoms. The van der Waals surface area contributed by atoms with Crippen LogP contribution < -0.4 is 178 Å². The van der Waals surface area contributed by atoms with E-state index in [-0.39, 0.29) is 161 Å². The number of rotatable bonds is 35. The van der Waals surface area contributed by atoms with Gasteiger partial charge in [-0.25, -0.2) is 23.4 Å². The number of aliphatic hydroxyl groups excluding tert-OH is 16. The third-order valence-corrected chi connectivity index (χ3v) is 22.2. The topological polar surface area (TPSA) is 742 Å². The molecule has 7 aromatic rings. The molecule has 5 aliphatic rings. The Morgan fingerprint density at radius 3 is 0.949 bits per heavy atom. The number of carbonyl (C=O) groups excluding carboxylic acids is 5. The van der Waals surface area contributed by atoms with Crippen molar-refractivity contribution in [3.8, 4) is 28.3 Å². The SMILES string of the molecule is CC(C)Cc1cn([C@H]2C=C(C(=O)[O-])O[C@@H]([C@H](O)[C@H](O)CO)[C@@H]2C)nn1.CCCc1cn([C@H]2C=C(C(=O)[O-])O[C@@H]([C@H](O)[C@H](O)CO)[C@@H]2C)nn1.COCc1cn([C@H]2C=C(C(=O)[O-])O[C@@H]([C@H](O)[C@H](O)CO)[C@@H]2C)nn1.COc1cccc(-c2cn([C@H]3C=C(C(=O)[O-])O[C@@H]([C@H](O)[C@H](O)CO)[C@@H]3C)nn2)c1.C[C@H]1[C@H]([C@H](O)[C@H](O)CO)OC(C(=O)[O-])=C[C@@H]1n1cc(-c2ccc(CO)cc2)nn1.[Na+].[Na+].[Na+].[Na+].[Na+]. The molecule has 25 atom stereocenters. The second kappa shape index (κ2) is 58.6. The second-order valence-corrected chi connectivity index (χ2v) is 32.1. The monoisotopic (exact) mass is 1960 g/mol. The summed E-state index contributed by atoms with van der Waals surface area (Å²) in [4.78, 5) is 56.4. The number of nitrogens with zero attached hydrogens (tertiary/aromatic N) is 15. The van der Waals surface area contributed by atoms with Crippen molar-refractivity contribution in [2.45, 2.75) is 210 Å². The Bertz CT molecular complexity index is 4940. The number of aromatic nitrogens is 15. The van der Waals surface area contributed by atoms with Gasteiger partial charge in [-0.1, -0.05) is 124 Å². The predicted molar refractivity (Wildman–Crippen MR) is 433 cm³/mol. The number of aryl methyl sites for hydroxylation is 1. The molecule has 0 saturated heterocycles. The number of ether oxygens (including phenoxy) is 7. The Morgan fingerprint density at radius 1 is 0.390 bits per heavy atom. The predicted octanol–water partition coefficient (Wildman–Crippen LogP) is -23.8. The first-order valence-corrected chi connectivity index (χ1v) is 41.5. The van der Waals surface area contributed by atoms with E-state index in [0.29, 0.717) is 28.7 Å². The van der Waals surface area contributed by atoms with Crippen molar-refractivity contribution in [2.24, 2.45) is 35.5 Å². The van der Waals surface area contributed by atoms with Gasteiger partial charge in [0, 0.05) is 60.2 Å². The maximum atomic E-state index is 11.4. The first kappa shape index (κ1) is 123. The average molecular weight is 1960 g/mol. The van der Waals surface area contributed by atoms with Crippen LogP contribution in [0.4, 0.5) is 0 Å². The maximum Gasteiger partial charge on any atom is 1.00 e. The minimum Gasteiger partial charge on any atom is -0.542 e. The van der Waals surface area contributed by atoms with E-state index in [1.165, 1.54) is 60.9 Å². The molecule has 0 bridgehead atoms. The van der Waals surface area contributed by atoms with Gasteiger partial charge in [0.05, 0.1) is 114 Å². The molecule has 0 amide bonds. The standard InChI is InChI=1S/2C19H23N3O7.C16H25N3O6.C15H23N3O6.C14H21N3O7.5Na/c1-10-14(7-16(19(26)27)29-18(10)17(25)15(24)9-23)22-8-13(20-21-22)11-4-3-5-12(6-11)28-2;1-10-14(6-16(19(27)28)29-18(10)17(26)15(25)9-24)22-7-13(20-21-22)12-4-2-11(8-23)3-5-12;1-8(2)4-10-6-19(18-17-10)11-5-13(16(23)24)25-15(9(11)3)14(22)12(21)7-20;1-3-4-9-6-18(17-16-9)10-5-12(15(22)23)24-14(8(10)2)13(21)11(20)7-19;1-7-9(17-4-8(6-23-2)15-16-17)3-11(14(21)22)24-13(7)12(20)10(19)5-18;;;;;/h3-8,10,14-15,17-18,23-25H,9H2,1-2H3,(H,26,27);2-7,10,14-15,17-18,23-26H,8-9H2,1H3,(H,27,28);5-6,8-9,11-12,14-15,20-22H,4,7H2,1-3H3,(H,23,24);5-6,8,10-11,13-14,19-21H,3-4,7H2,1-2H3,(H,22,23);3-4,7,9-10,12-13,18-20H,5-6H2,1-2H3,(H,21,22);;;;;/q;;;;;5*+1/p-5/t2*10-,14+,15-,17-,18-;9-,11+,12-,14-,15-;8-,10+,11-,13-,14-;7-,9+,10-,12-,13-;;;;;/m11111...../s1. The number of aliphatic hydroxyl groups is 16. The summed E-state index contributed by atoms with van der Waals surface area (Å²) in [5.74, 6) is -11.4. The van der Waals surface area contributed by atoms with Gasteiger partial charge in [0.1, 0.15) is 173 Å². The van der Waals surface area contributed by atoms with Gasteiger partial charge >= 0.3 is 148 Å². The summed E-state index contributed by atoms with van der Waals surface area (Å²) >= 11 is 0. The van der Waals surface area contributed by atoms with Crippen LogP contribution in [0.25, 0.3) is 22.5 Å². The fourth-order valence-corrected chi connectivity index (χ4v) is 14.8. The number of hydrogen-bond acceptors (Lipinski definition) is 43. The number of benzene rings is 2. The Balaban J connectivity index is 0.000000435. The molecule has 0 radical (unpaired) electrons. The Kier molecular flexibility index (Phi) is 53.2. The Hall–Kier alpha value is -6.69. The molecule has 10 heterocycles. The second-order valence-electron chi connectivity index (χ2n) is 32.1. The fraction of sp³-hybridized carbons (Fsp3) is 0.554. The largest absolute Gasteiger partial charge is 1.00 e. The van der Waals surface area contributed by atoms with Crippen LogP contribution in [0.1, 0.15) is 115 Å². The molecule has 5 aliphatic heterocycles. The van der Waals surface area contributed by atoms with Gasteiger partial charge in [-0.3, -0.25) is 0 Å². The third-order valence-electron chi connectivity index (χ3n) is 22.2. The summed E-state index contributed by atoms with van der Waals surface area (Å²) in [6, 6.07) is 11.3.